The Balaban J connectivity index is 1.98. The predicted molar refractivity (Wildman–Crippen MR) is 122 cm³/mol. The molecule has 0 saturated carbocycles. The molecule has 0 radical (unpaired) electrons. The zero-order chi connectivity index (χ0) is 22.4. The van der Waals surface area contributed by atoms with Crippen molar-refractivity contribution in [1.29, 1.82) is 0 Å². The SMILES string of the molecule is C/C=C(/C(=O)Oc1ccccc1)C(NS(=O)(=O)c1ccc(C)cc1)c1ccc(Cl)cc1. The Hall–Kier alpha value is -2.93. The standard InChI is InChI=1S/C24H22ClNO4S/c1-3-22(24(27)30-20-7-5-4-6-8-20)23(18-11-13-19(25)14-12-18)26-31(28,29)21-15-9-17(2)10-16-21/h3-16,23,26H,1-2H3/b22-3+. The highest BCUT2D eigenvalue weighted by atomic mass is 35.5. The van der Waals surface area contributed by atoms with Gasteiger partial charge >= 0.3 is 5.97 Å². The maximum atomic E-state index is 13.1. The smallest absolute Gasteiger partial charge is 0.341 e. The van der Waals surface area contributed by atoms with E-state index < -0.39 is 22.0 Å². The Morgan fingerprint density at radius 3 is 2.16 bits per heavy atom. The normalized spacial score (nSPS) is 12.9. The first-order chi connectivity index (χ1) is 14.8. The number of carbonyl (C=O) groups is 1. The van der Waals surface area contributed by atoms with Crippen LogP contribution in [-0.4, -0.2) is 14.4 Å². The van der Waals surface area contributed by atoms with Crippen LogP contribution in [0.15, 0.2) is 95.4 Å². The lowest BCUT2D eigenvalue weighted by Gasteiger charge is -2.21. The largest absolute Gasteiger partial charge is 0.423 e. The van der Waals surface area contributed by atoms with Gasteiger partial charge in [0.15, 0.2) is 0 Å². The number of nitrogens with one attached hydrogen (secondary N) is 1. The van der Waals surface area contributed by atoms with Crippen LogP contribution in [-0.2, 0) is 14.8 Å². The van der Waals surface area contributed by atoms with Crippen LogP contribution in [0.5, 0.6) is 5.75 Å². The van der Waals surface area contributed by atoms with Gasteiger partial charge in [-0.25, -0.2) is 13.2 Å². The number of benzene rings is 3. The summed E-state index contributed by atoms with van der Waals surface area (Å²) in [5.41, 5.74) is 1.65. The van der Waals surface area contributed by atoms with Gasteiger partial charge in [-0.3, -0.25) is 0 Å². The summed E-state index contributed by atoms with van der Waals surface area (Å²) in [5, 5.41) is 0.498. The minimum atomic E-state index is -3.93. The molecule has 1 unspecified atom stereocenters. The molecule has 31 heavy (non-hydrogen) atoms. The first kappa shape index (κ1) is 22.7. The molecule has 0 aliphatic rings. The monoisotopic (exact) mass is 455 g/mol. The molecule has 0 aliphatic carbocycles. The van der Waals surface area contributed by atoms with E-state index in [0.717, 1.165) is 5.56 Å². The molecule has 7 heteroatoms. The van der Waals surface area contributed by atoms with Crippen molar-refractivity contribution in [3.63, 3.8) is 0 Å². The van der Waals surface area contributed by atoms with Crippen molar-refractivity contribution in [1.82, 2.24) is 4.72 Å². The zero-order valence-corrected chi connectivity index (χ0v) is 18.7. The maximum Gasteiger partial charge on any atom is 0.341 e. The fourth-order valence-electron chi connectivity index (χ4n) is 2.96. The highest BCUT2D eigenvalue weighted by molar-refractivity contribution is 7.89. The van der Waals surface area contributed by atoms with Gasteiger partial charge in [0, 0.05) is 5.02 Å². The van der Waals surface area contributed by atoms with E-state index in [4.69, 9.17) is 16.3 Å². The first-order valence-corrected chi connectivity index (χ1v) is 11.4. The summed E-state index contributed by atoms with van der Waals surface area (Å²) >= 11 is 6.00. The molecule has 0 aromatic heterocycles. The summed E-state index contributed by atoms with van der Waals surface area (Å²) < 4.78 is 34.3. The molecule has 3 rings (SSSR count). The minimum Gasteiger partial charge on any atom is -0.423 e. The topological polar surface area (TPSA) is 72.5 Å². The Morgan fingerprint density at radius 1 is 0.968 bits per heavy atom. The number of allylic oxidation sites excluding steroid dienone is 1. The quantitative estimate of drug-likeness (QED) is 0.301. The molecule has 0 fully saturated rings. The number of halogens is 1. The van der Waals surface area contributed by atoms with Gasteiger partial charge in [-0.05, 0) is 55.8 Å². The van der Waals surface area contributed by atoms with E-state index in [1.54, 1.807) is 79.7 Å². The highest BCUT2D eigenvalue weighted by Gasteiger charge is 2.29. The second-order valence-electron chi connectivity index (χ2n) is 6.87. The molecule has 0 bridgehead atoms. The second kappa shape index (κ2) is 9.92. The number of hydrogen-bond acceptors (Lipinski definition) is 4. The van der Waals surface area contributed by atoms with Crippen LogP contribution in [0.1, 0.15) is 24.1 Å². The van der Waals surface area contributed by atoms with Crippen LogP contribution in [0.2, 0.25) is 5.02 Å². The van der Waals surface area contributed by atoms with Gasteiger partial charge in [0.2, 0.25) is 10.0 Å². The minimum absolute atomic E-state index is 0.101. The van der Waals surface area contributed by atoms with E-state index in [1.807, 2.05) is 6.92 Å². The molecule has 0 heterocycles. The zero-order valence-electron chi connectivity index (χ0n) is 17.1. The molecule has 3 aromatic carbocycles. The molecule has 3 aromatic rings. The van der Waals surface area contributed by atoms with Gasteiger partial charge in [0.05, 0.1) is 16.5 Å². The molecule has 1 atom stereocenters. The number of carbonyl (C=O) groups excluding carboxylic acids is 1. The van der Waals surface area contributed by atoms with Gasteiger partial charge in [0.1, 0.15) is 5.75 Å². The van der Waals surface area contributed by atoms with Crippen molar-refractivity contribution in [2.24, 2.45) is 0 Å². The Bertz CT molecular complexity index is 1170. The van der Waals surface area contributed by atoms with Gasteiger partial charge in [-0.2, -0.15) is 4.72 Å². The first-order valence-electron chi connectivity index (χ1n) is 9.58. The molecule has 0 amide bonds. The summed E-state index contributed by atoms with van der Waals surface area (Å²) in [6.07, 6.45) is 1.54. The van der Waals surface area contributed by atoms with Crippen LogP contribution >= 0.6 is 11.6 Å². The average Bonchev–Trinajstić information content (AvgIpc) is 2.75. The van der Waals surface area contributed by atoms with Gasteiger partial charge in [-0.1, -0.05) is 65.7 Å². The number of hydrogen-bond donors (Lipinski definition) is 1. The second-order valence-corrected chi connectivity index (χ2v) is 9.02. The molecule has 0 saturated heterocycles. The Labute approximate surface area is 187 Å². The van der Waals surface area contributed by atoms with Gasteiger partial charge in [0.25, 0.3) is 0 Å². The molecular formula is C24H22ClNO4S. The van der Waals surface area contributed by atoms with E-state index >= 15 is 0 Å². The lowest BCUT2D eigenvalue weighted by atomic mass is 9.99. The number of sulfonamides is 1. The number of rotatable bonds is 7. The molecular weight excluding hydrogens is 434 g/mol. The lowest BCUT2D eigenvalue weighted by molar-refractivity contribution is -0.130. The summed E-state index contributed by atoms with van der Waals surface area (Å²) in [7, 11) is -3.93. The van der Waals surface area contributed by atoms with E-state index in [2.05, 4.69) is 4.72 Å². The van der Waals surface area contributed by atoms with Gasteiger partial charge < -0.3 is 4.74 Å². The maximum absolute atomic E-state index is 13.1. The van der Waals surface area contributed by atoms with Crippen molar-refractivity contribution in [3.05, 3.63) is 107 Å². The Morgan fingerprint density at radius 2 is 1.58 bits per heavy atom. The summed E-state index contributed by atoms with van der Waals surface area (Å²) in [4.78, 5) is 13.0. The number of aryl methyl sites for hydroxylation is 1. The molecule has 160 valence electrons. The van der Waals surface area contributed by atoms with Crippen molar-refractivity contribution in [2.45, 2.75) is 24.8 Å². The highest BCUT2D eigenvalue weighted by Crippen LogP contribution is 2.27. The molecule has 5 nitrogen and oxygen atoms in total. The predicted octanol–water partition coefficient (Wildman–Crippen LogP) is 5.22. The Kier molecular flexibility index (Phi) is 7.28. The van der Waals surface area contributed by atoms with E-state index in [9.17, 15) is 13.2 Å². The van der Waals surface area contributed by atoms with Crippen molar-refractivity contribution < 1.29 is 17.9 Å². The van der Waals surface area contributed by atoms with Crippen LogP contribution in [0.4, 0.5) is 0 Å². The van der Waals surface area contributed by atoms with Crippen LogP contribution in [0.25, 0.3) is 0 Å². The van der Waals surface area contributed by atoms with E-state index in [0.29, 0.717) is 16.3 Å². The summed E-state index contributed by atoms with van der Waals surface area (Å²) in [6.45, 7) is 3.53. The van der Waals surface area contributed by atoms with E-state index in [1.165, 1.54) is 12.1 Å². The molecule has 1 N–H and O–H groups in total. The molecule has 0 spiro atoms. The van der Waals surface area contributed by atoms with Crippen LogP contribution in [0.3, 0.4) is 0 Å². The third-order valence-electron chi connectivity index (χ3n) is 4.62. The van der Waals surface area contributed by atoms with Crippen molar-refractivity contribution in [3.8, 4) is 5.75 Å². The van der Waals surface area contributed by atoms with Crippen LogP contribution in [0, 0.1) is 6.92 Å². The van der Waals surface area contributed by atoms with Gasteiger partial charge in [-0.15, -0.1) is 0 Å². The van der Waals surface area contributed by atoms with E-state index in [-0.39, 0.29) is 10.5 Å². The summed E-state index contributed by atoms with van der Waals surface area (Å²) in [6, 6.07) is 20.7. The van der Waals surface area contributed by atoms with Crippen LogP contribution < -0.4 is 9.46 Å². The number of ether oxygens (including phenoxy) is 1. The molecule has 0 aliphatic heterocycles. The number of esters is 1. The third kappa shape index (κ3) is 5.82. The fourth-order valence-corrected chi connectivity index (χ4v) is 4.29. The third-order valence-corrected chi connectivity index (χ3v) is 6.31. The number of para-hydroxylation sites is 1. The fraction of sp³-hybridized carbons (Fsp3) is 0.125. The average molecular weight is 456 g/mol. The van der Waals surface area contributed by atoms with Crippen molar-refractivity contribution in [2.75, 3.05) is 0 Å². The van der Waals surface area contributed by atoms with Crippen molar-refractivity contribution >= 4 is 27.6 Å². The summed E-state index contributed by atoms with van der Waals surface area (Å²) in [5.74, 6) is -0.289. The lowest BCUT2D eigenvalue weighted by Crippen LogP contribution is -2.33.